The molecule has 1 fully saturated rings. The van der Waals surface area contributed by atoms with Gasteiger partial charge in [0.2, 0.25) is 0 Å². The van der Waals surface area contributed by atoms with E-state index in [2.05, 4.69) is 30.9 Å². The maximum Gasteiger partial charge on any atom is 0.407 e. The van der Waals surface area contributed by atoms with Crippen LogP contribution in [0.15, 0.2) is 18.5 Å². The lowest BCUT2D eigenvalue weighted by Crippen LogP contribution is -2.33. The van der Waals surface area contributed by atoms with Gasteiger partial charge in [-0.05, 0) is 33.1 Å². The van der Waals surface area contributed by atoms with E-state index in [9.17, 15) is 4.79 Å². The van der Waals surface area contributed by atoms with Crippen molar-refractivity contribution < 1.29 is 14.3 Å². The molecule has 3 heterocycles. The Bertz CT molecular complexity index is 1060. The molecule has 0 radical (unpaired) electrons. The van der Waals surface area contributed by atoms with E-state index in [0.29, 0.717) is 12.4 Å². The number of rotatable bonds is 7. The van der Waals surface area contributed by atoms with Crippen molar-refractivity contribution >= 4 is 28.5 Å². The number of aryl methyl sites for hydroxylation is 1. The molecule has 31 heavy (non-hydrogen) atoms. The topological polar surface area (TPSA) is 119 Å². The number of nitrogens with zero attached hydrogens (tertiary/aromatic N) is 4. The highest BCUT2D eigenvalue weighted by molar-refractivity contribution is 5.93. The fraction of sp³-hybridized carbons (Fsp3) is 0.524. The Hall–Kier alpha value is -3.14. The lowest BCUT2D eigenvalue weighted by atomic mass is 10.0. The minimum absolute atomic E-state index is 0.0647. The first-order valence-corrected chi connectivity index (χ1v) is 10.5. The number of aromatic amines is 1. The van der Waals surface area contributed by atoms with Gasteiger partial charge in [-0.25, -0.2) is 4.79 Å². The normalized spacial score (nSPS) is 18.6. The maximum absolute atomic E-state index is 11.9. The monoisotopic (exact) mass is 427 g/mol. The Morgan fingerprint density at radius 2 is 2.19 bits per heavy atom. The molecule has 0 bridgehead atoms. The Morgan fingerprint density at radius 3 is 2.97 bits per heavy atom. The van der Waals surface area contributed by atoms with E-state index in [0.717, 1.165) is 47.2 Å². The summed E-state index contributed by atoms with van der Waals surface area (Å²) in [6, 6.07) is 2.07. The van der Waals surface area contributed by atoms with Crippen LogP contribution in [0, 0.1) is 0 Å². The average molecular weight is 428 g/mol. The molecule has 0 aliphatic heterocycles. The lowest BCUT2D eigenvalue weighted by molar-refractivity contribution is 0.0981. The molecule has 3 N–H and O–H groups in total. The number of anilines is 2. The van der Waals surface area contributed by atoms with Gasteiger partial charge in [-0.15, -0.1) is 0 Å². The van der Waals surface area contributed by atoms with Crippen molar-refractivity contribution in [3.8, 4) is 0 Å². The van der Waals surface area contributed by atoms with Gasteiger partial charge >= 0.3 is 6.09 Å². The number of amides is 1. The summed E-state index contributed by atoms with van der Waals surface area (Å²) in [5.41, 5.74) is 3.64. The van der Waals surface area contributed by atoms with Crippen LogP contribution in [0.2, 0.25) is 0 Å². The predicted octanol–water partition coefficient (Wildman–Crippen LogP) is 3.35. The van der Waals surface area contributed by atoms with Crippen LogP contribution < -0.4 is 10.6 Å². The summed E-state index contributed by atoms with van der Waals surface area (Å²) in [4.78, 5) is 16.2. The number of carbonyl (C=O) groups excluding carboxylic acids is 1. The van der Waals surface area contributed by atoms with E-state index in [1.54, 1.807) is 19.5 Å². The molecule has 4 rings (SSSR count). The van der Waals surface area contributed by atoms with Crippen LogP contribution in [0.25, 0.3) is 10.9 Å². The molecule has 2 atom stereocenters. The van der Waals surface area contributed by atoms with Crippen molar-refractivity contribution in [1.29, 1.82) is 0 Å². The van der Waals surface area contributed by atoms with Gasteiger partial charge in [-0.2, -0.15) is 10.2 Å². The smallest absolute Gasteiger partial charge is 0.407 e. The highest BCUT2D eigenvalue weighted by Gasteiger charge is 2.30. The molecule has 1 aliphatic carbocycles. The molecule has 3 aromatic rings. The van der Waals surface area contributed by atoms with Gasteiger partial charge in [-0.1, -0.05) is 0 Å². The molecule has 3 aromatic heterocycles. The third kappa shape index (κ3) is 4.63. The van der Waals surface area contributed by atoms with Gasteiger partial charge in [-0.3, -0.25) is 14.8 Å². The number of aromatic nitrogens is 5. The Kier molecular flexibility index (Phi) is 6.08. The predicted molar refractivity (Wildman–Crippen MR) is 116 cm³/mol. The molecule has 10 heteroatoms. The summed E-state index contributed by atoms with van der Waals surface area (Å²) in [5.74, 6) is 0.986. The average Bonchev–Trinajstić information content (AvgIpc) is 3.42. The number of hydrogen-bond acceptors (Lipinski definition) is 7. The summed E-state index contributed by atoms with van der Waals surface area (Å²) in [6.45, 7) is 4.25. The van der Waals surface area contributed by atoms with Gasteiger partial charge in [0.15, 0.2) is 5.82 Å². The van der Waals surface area contributed by atoms with Crippen molar-refractivity contribution in [3.63, 3.8) is 0 Å². The number of pyridine rings is 1. The highest BCUT2D eigenvalue weighted by atomic mass is 16.6. The van der Waals surface area contributed by atoms with Crippen LogP contribution in [0.1, 0.15) is 50.4 Å². The van der Waals surface area contributed by atoms with Crippen LogP contribution >= 0.6 is 0 Å². The summed E-state index contributed by atoms with van der Waals surface area (Å²) >= 11 is 0. The van der Waals surface area contributed by atoms with Gasteiger partial charge < -0.3 is 20.1 Å². The van der Waals surface area contributed by atoms with Gasteiger partial charge in [0.05, 0.1) is 29.7 Å². The number of carbonyl (C=O) groups is 1. The van der Waals surface area contributed by atoms with E-state index in [4.69, 9.17) is 9.47 Å². The summed E-state index contributed by atoms with van der Waals surface area (Å²) in [6.07, 6.45) is 5.71. The first-order chi connectivity index (χ1) is 14.9. The zero-order chi connectivity index (χ0) is 22.0. The molecule has 166 valence electrons. The van der Waals surface area contributed by atoms with Crippen molar-refractivity contribution in [2.24, 2.45) is 7.05 Å². The number of hydrogen-bond donors (Lipinski definition) is 3. The van der Waals surface area contributed by atoms with Crippen LogP contribution in [0.3, 0.4) is 0 Å². The molecule has 0 unspecified atom stereocenters. The van der Waals surface area contributed by atoms with E-state index >= 15 is 0 Å². The second kappa shape index (κ2) is 8.93. The second-order valence-electron chi connectivity index (χ2n) is 8.26. The van der Waals surface area contributed by atoms with Gasteiger partial charge in [0, 0.05) is 49.5 Å². The summed E-state index contributed by atoms with van der Waals surface area (Å²) in [5, 5.41) is 19.2. The fourth-order valence-corrected chi connectivity index (χ4v) is 4.13. The summed E-state index contributed by atoms with van der Waals surface area (Å²) in [7, 11) is 3.55. The minimum atomic E-state index is -0.350. The molecule has 1 aliphatic rings. The highest BCUT2D eigenvalue weighted by Crippen LogP contribution is 2.36. The molecule has 0 aromatic carbocycles. The molecule has 0 saturated heterocycles. The zero-order valence-electron chi connectivity index (χ0n) is 18.3. The zero-order valence-corrected chi connectivity index (χ0v) is 18.3. The van der Waals surface area contributed by atoms with Crippen LogP contribution in [0.4, 0.5) is 16.3 Å². The first-order valence-electron chi connectivity index (χ1n) is 10.5. The van der Waals surface area contributed by atoms with Crippen molar-refractivity contribution in [2.75, 3.05) is 12.4 Å². The van der Waals surface area contributed by atoms with Crippen molar-refractivity contribution in [2.45, 2.75) is 57.8 Å². The van der Waals surface area contributed by atoms with Crippen LogP contribution in [-0.4, -0.2) is 50.3 Å². The molecular formula is C21H29N7O3. The van der Waals surface area contributed by atoms with E-state index < -0.39 is 0 Å². The second-order valence-corrected chi connectivity index (χ2v) is 8.26. The van der Waals surface area contributed by atoms with E-state index in [-0.39, 0.29) is 24.2 Å². The first kappa shape index (κ1) is 21.1. The number of fused-ring (bicyclic) bond motifs is 1. The molecule has 0 spiro atoms. The summed E-state index contributed by atoms with van der Waals surface area (Å²) < 4.78 is 12.6. The van der Waals surface area contributed by atoms with Crippen LogP contribution in [0.5, 0.6) is 0 Å². The van der Waals surface area contributed by atoms with Crippen LogP contribution in [-0.2, 0) is 23.1 Å². The van der Waals surface area contributed by atoms with Gasteiger partial charge in [0.1, 0.15) is 6.10 Å². The number of methoxy groups -OCH3 is 1. The minimum Gasteiger partial charge on any atom is -0.446 e. The third-order valence-electron chi connectivity index (χ3n) is 5.47. The standard InChI is InChI=1S/C21H29N7O3/c1-12(2)23-21(29)31-14-6-5-13(7-14)16-8-19(26-25-16)24-17-10-22-9-15-18(11-30-4)27-28(3)20(15)17/h8-10,12-14H,5-7,11H2,1-4H3,(H,23,29)(H2,24,25,26)/t13-,14+/m0/s1. The fourth-order valence-electron chi connectivity index (χ4n) is 4.13. The maximum atomic E-state index is 11.9. The third-order valence-corrected chi connectivity index (χ3v) is 5.47. The Balaban J connectivity index is 1.44. The molecule has 10 nitrogen and oxygen atoms in total. The largest absolute Gasteiger partial charge is 0.446 e. The Labute approximate surface area is 180 Å². The lowest BCUT2D eigenvalue weighted by Gasteiger charge is -2.14. The van der Waals surface area contributed by atoms with Gasteiger partial charge in [0.25, 0.3) is 0 Å². The quantitative estimate of drug-likeness (QED) is 0.529. The van der Waals surface area contributed by atoms with E-state index in [1.807, 2.05) is 31.6 Å². The molecular weight excluding hydrogens is 398 g/mol. The number of alkyl carbamates (subject to hydrolysis) is 1. The number of H-pyrrole nitrogens is 1. The molecule has 1 saturated carbocycles. The number of nitrogens with one attached hydrogen (secondary N) is 3. The van der Waals surface area contributed by atoms with Crippen molar-refractivity contribution in [1.82, 2.24) is 30.3 Å². The Morgan fingerprint density at radius 1 is 1.35 bits per heavy atom. The number of ether oxygens (including phenoxy) is 2. The molecule has 1 amide bonds. The van der Waals surface area contributed by atoms with Crippen molar-refractivity contribution in [3.05, 3.63) is 29.8 Å². The van der Waals surface area contributed by atoms with E-state index in [1.165, 1.54) is 0 Å². The SMILES string of the molecule is COCc1nn(C)c2c(Nc3cc([C@H]4CC[C@@H](OC(=O)NC(C)C)C4)[nH]n3)cncc12.